The first-order valence-corrected chi connectivity index (χ1v) is 36.1. The zero-order valence-corrected chi connectivity index (χ0v) is 57.9. The van der Waals surface area contributed by atoms with Crippen molar-refractivity contribution in [1.29, 1.82) is 0 Å². The molecular weight excluding hydrogens is 1270 g/mol. The van der Waals surface area contributed by atoms with Crippen molar-refractivity contribution in [3.8, 4) is 0 Å². The van der Waals surface area contributed by atoms with Crippen LogP contribution in [0.25, 0.3) is 6.08 Å². The van der Waals surface area contributed by atoms with Gasteiger partial charge < -0.3 is 107 Å². The molecule has 26 nitrogen and oxygen atoms in total. The molecule has 7 rings (SSSR count). The molecule has 26 atom stereocenters. The predicted octanol–water partition coefficient (Wildman–Crippen LogP) is 6.32. The Kier molecular flexibility index (Phi) is 34.2. The number of fused-ring (bicyclic) bond motifs is 2. The number of hydrogen-bond donors (Lipinski definition) is 8. The maximum atomic E-state index is 14.4. The van der Waals surface area contributed by atoms with Gasteiger partial charge in [-0.15, -0.1) is 0 Å². The third-order valence-electron chi connectivity index (χ3n) is 19.1. The summed E-state index contributed by atoms with van der Waals surface area (Å²) < 4.78 is 89.3. The van der Waals surface area contributed by atoms with Gasteiger partial charge in [-0.2, -0.15) is 0 Å². The fourth-order valence-electron chi connectivity index (χ4n) is 13.3. The number of carbonyl (C=O) groups is 4. The topological polar surface area (TPSA) is 359 Å². The molecule has 0 radical (unpaired) electrons. The molecule has 0 aliphatic carbocycles. The number of esters is 4. The van der Waals surface area contributed by atoms with Crippen molar-refractivity contribution in [3.05, 3.63) is 42.0 Å². The summed E-state index contributed by atoms with van der Waals surface area (Å²) in [6.07, 6.45) is -20.4. The van der Waals surface area contributed by atoms with E-state index in [1.807, 2.05) is 6.92 Å². The largest absolute Gasteiger partial charge is 0.455 e. The van der Waals surface area contributed by atoms with Gasteiger partial charge in [0.2, 0.25) is 0 Å². The number of aliphatic hydroxyl groups excluding tert-OH is 8. The van der Waals surface area contributed by atoms with Crippen LogP contribution in [0.2, 0.25) is 0 Å². The Labute approximate surface area is 571 Å². The molecule has 0 saturated carbocycles. The van der Waals surface area contributed by atoms with Crippen molar-refractivity contribution < 1.29 is 126 Å². The third-order valence-corrected chi connectivity index (χ3v) is 19.1. The molecule has 8 N–H and O–H groups in total. The van der Waals surface area contributed by atoms with E-state index in [-0.39, 0.29) is 25.4 Å². The molecule has 26 unspecified atom stereocenters. The van der Waals surface area contributed by atoms with Crippen LogP contribution >= 0.6 is 0 Å². The lowest BCUT2D eigenvalue weighted by molar-refractivity contribution is -0.400. The summed E-state index contributed by atoms with van der Waals surface area (Å²) in [5, 5.41) is 92.4. The van der Waals surface area contributed by atoms with E-state index in [0.29, 0.717) is 44.1 Å². The lowest BCUT2D eigenvalue weighted by atomic mass is 9.95. The average Bonchev–Trinajstić information content (AvgIpc) is 0.767. The molecule has 6 aliphatic rings. The highest BCUT2D eigenvalue weighted by Gasteiger charge is 2.59. The molecule has 0 aromatic heterocycles. The van der Waals surface area contributed by atoms with Crippen LogP contribution in [-0.2, 0) is 85.5 Å². The second kappa shape index (κ2) is 41.3. The molecule has 0 spiro atoms. The molecule has 0 bridgehead atoms. The number of benzene rings is 1. The number of unbranched alkanes of at least 4 members (excludes halogenated alkanes) is 10. The first-order chi connectivity index (χ1) is 46.7. The third kappa shape index (κ3) is 23.6. The molecule has 0 amide bonds. The molecule has 26 heteroatoms. The summed E-state index contributed by atoms with van der Waals surface area (Å²) in [6.45, 7) is 11.5. The van der Waals surface area contributed by atoms with E-state index in [1.165, 1.54) is 26.8 Å². The van der Waals surface area contributed by atoms with Crippen molar-refractivity contribution in [1.82, 2.24) is 0 Å². The predicted molar refractivity (Wildman–Crippen MR) is 347 cm³/mol. The molecule has 1 aromatic rings. The zero-order chi connectivity index (χ0) is 70.1. The lowest BCUT2D eigenvalue weighted by Gasteiger charge is -2.51. The monoisotopic (exact) mass is 1380 g/mol. The first kappa shape index (κ1) is 80.4. The van der Waals surface area contributed by atoms with Gasteiger partial charge in [-0.25, -0.2) is 4.79 Å². The standard InChI is InChI=1S/C71H114O26/c1-8-11-14-19-28-35-48(73)90-60-43(6)85-68(58(83)62(60)91-51(76)39-38-45-31-25-23-26-32-45)95-61-44(7)87-71(66(93-50(75)37-29-20-15-12-9-2)65(61)97-67-56(81)54(79)53(78)47(40-72)89-67)94-59-42(5)86-70-64(57(59)82)92-49(74)36-30-22-18-16-17-21-27-34-46(33-24-13-10-3)88-69-63(96-70)55(80)52(77)41(4)84-69/h23,25-26,31-32,38-39,41-44,46-47,52-72,77-83H,8-22,24,27-30,33-37,40H2,1-7H3. The average molecular weight is 1380 g/mol. The minimum absolute atomic E-state index is 0.0242. The Hall–Kier alpha value is -3.88. The van der Waals surface area contributed by atoms with Crippen LogP contribution in [0.1, 0.15) is 215 Å². The number of rotatable bonds is 28. The molecule has 554 valence electrons. The molecule has 6 heterocycles. The van der Waals surface area contributed by atoms with Gasteiger partial charge in [-0.1, -0.05) is 160 Å². The number of hydrogen-bond acceptors (Lipinski definition) is 26. The molecule has 6 aliphatic heterocycles. The minimum Gasteiger partial charge on any atom is -0.455 e. The smallest absolute Gasteiger partial charge is 0.331 e. The maximum absolute atomic E-state index is 14.4. The van der Waals surface area contributed by atoms with Crippen LogP contribution in [0.3, 0.4) is 0 Å². The second-order valence-corrected chi connectivity index (χ2v) is 27.0. The highest BCUT2D eigenvalue weighted by atomic mass is 16.8. The molecule has 1 aromatic carbocycles. The van der Waals surface area contributed by atoms with Crippen LogP contribution in [0, 0.1) is 0 Å². The first-order valence-electron chi connectivity index (χ1n) is 36.1. The van der Waals surface area contributed by atoms with Crippen LogP contribution in [0.4, 0.5) is 0 Å². The van der Waals surface area contributed by atoms with Crippen LogP contribution < -0.4 is 0 Å². The Morgan fingerprint density at radius 2 is 1.02 bits per heavy atom. The number of ether oxygens (including phenoxy) is 14. The lowest BCUT2D eigenvalue weighted by Crippen LogP contribution is -2.68. The highest BCUT2D eigenvalue weighted by Crippen LogP contribution is 2.40. The summed E-state index contributed by atoms with van der Waals surface area (Å²) in [5.74, 6) is -3.09. The molecule has 6 saturated heterocycles. The van der Waals surface area contributed by atoms with Crippen molar-refractivity contribution >= 4 is 30.0 Å². The molecule has 97 heavy (non-hydrogen) atoms. The summed E-state index contributed by atoms with van der Waals surface area (Å²) >= 11 is 0. The van der Waals surface area contributed by atoms with Gasteiger partial charge in [-0.3, -0.25) is 14.4 Å². The summed E-state index contributed by atoms with van der Waals surface area (Å²) in [4.78, 5) is 55.7. The highest BCUT2D eigenvalue weighted by molar-refractivity contribution is 5.87. The number of carbonyl (C=O) groups excluding carboxylic acids is 4. The zero-order valence-electron chi connectivity index (χ0n) is 57.9. The normalized spacial score (nSPS) is 38.2. The van der Waals surface area contributed by atoms with Gasteiger partial charge in [0.1, 0.15) is 73.2 Å². The van der Waals surface area contributed by atoms with Crippen LogP contribution in [0.15, 0.2) is 36.4 Å². The van der Waals surface area contributed by atoms with E-state index >= 15 is 0 Å². The minimum atomic E-state index is -2.05. The fraction of sp³-hybridized carbons (Fsp3) is 0.831. The van der Waals surface area contributed by atoms with E-state index in [4.69, 9.17) is 66.3 Å². The van der Waals surface area contributed by atoms with E-state index in [0.717, 1.165) is 109 Å². The Morgan fingerprint density at radius 3 is 1.68 bits per heavy atom. The molecular formula is C71H114O26. The van der Waals surface area contributed by atoms with Crippen molar-refractivity contribution in [3.63, 3.8) is 0 Å². The second-order valence-electron chi connectivity index (χ2n) is 27.0. The molecule has 6 fully saturated rings. The van der Waals surface area contributed by atoms with Gasteiger partial charge in [-0.05, 0) is 71.4 Å². The van der Waals surface area contributed by atoms with E-state index in [2.05, 4.69) is 13.8 Å². The number of aliphatic hydroxyl groups is 8. The van der Waals surface area contributed by atoms with E-state index in [9.17, 15) is 60.0 Å². The van der Waals surface area contributed by atoms with Crippen molar-refractivity contribution in [2.24, 2.45) is 0 Å². The summed E-state index contributed by atoms with van der Waals surface area (Å²) in [7, 11) is 0. The van der Waals surface area contributed by atoms with Gasteiger partial charge >= 0.3 is 23.9 Å². The van der Waals surface area contributed by atoms with Crippen molar-refractivity contribution in [2.45, 2.75) is 369 Å². The summed E-state index contributed by atoms with van der Waals surface area (Å²) in [6, 6.07) is 8.87. The Bertz CT molecular complexity index is 2470. The summed E-state index contributed by atoms with van der Waals surface area (Å²) in [5.41, 5.74) is 0.657. The van der Waals surface area contributed by atoms with Gasteiger partial charge in [0.05, 0.1) is 37.1 Å². The van der Waals surface area contributed by atoms with Crippen molar-refractivity contribution in [2.75, 3.05) is 6.61 Å². The van der Waals surface area contributed by atoms with E-state index < -0.39 is 184 Å². The van der Waals surface area contributed by atoms with Gasteiger partial charge in [0.15, 0.2) is 55.9 Å². The maximum Gasteiger partial charge on any atom is 0.331 e. The quantitative estimate of drug-likeness (QED) is 0.0197. The SMILES string of the molecule is CCCCCCCC(=O)OC1C(C)OC(OC2C(C)OC(OC3C(C)OC4OC5C(OC(CCCCC)CCCCCCCCCC(=O)OC4C3O)OC(C)C(O)C5O)C(OC(=O)CCCCCCC)C2OC2OC(CO)C(O)C(O)C2O)C(O)C1OC(=O)C=Cc1ccccc1. The van der Waals surface area contributed by atoms with Crippen LogP contribution in [0.5, 0.6) is 0 Å². The van der Waals surface area contributed by atoms with E-state index in [1.54, 1.807) is 37.3 Å². The van der Waals surface area contributed by atoms with Gasteiger partial charge in [0, 0.05) is 25.3 Å². The fourth-order valence-corrected chi connectivity index (χ4v) is 13.3. The Morgan fingerprint density at radius 1 is 0.474 bits per heavy atom. The van der Waals surface area contributed by atoms with Crippen LogP contribution in [-0.4, -0.2) is 231 Å². The van der Waals surface area contributed by atoms with Gasteiger partial charge in [0.25, 0.3) is 0 Å². The Balaban J connectivity index is 1.25.